The minimum Gasteiger partial charge on any atom is -0.490 e. The molecule has 0 aliphatic heterocycles. The van der Waals surface area contributed by atoms with Gasteiger partial charge in [-0.15, -0.1) is 11.6 Å². The van der Waals surface area contributed by atoms with Crippen molar-refractivity contribution in [3.05, 3.63) is 23.8 Å². The second kappa shape index (κ2) is 7.27. The monoisotopic (exact) mass is 270 g/mol. The van der Waals surface area contributed by atoms with Crippen LogP contribution in [0.15, 0.2) is 18.2 Å². The van der Waals surface area contributed by atoms with Crippen LogP contribution in [0, 0.1) is 0 Å². The number of ketones is 1. The fourth-order valence-corrected chi connectivity index (χ4v) is 1.65. The highest BCUT2D eigenvalue weighted by atomic mass is 35.5. The molecular formula is C14H19ClO3. The number of carbonyl (C=O) groups excluding carboxylic acids is 1. The lowest BCUT2D eigenvalue weighted by Crippen LogP contribution is -2.04. The first-order chi connectivity index (χ1) is 8.60. The van der Waals surface area contributed by atoms with E-state index in [0.29, 0.717) is 24.7 Å². The molecule has 0 saturated carbocycles. The predicted octanol–water partition coefficient (Wildman–Crippen LogP) is 3.74. The molecule has 3 nitrogen and oxygen atoms in total. The summed E-state index contributed by atoms with van der Waals surface area (Å²) in [5.74, 6) is 1.24. The van der Waals surface area contributed by atoms with Crippen LogP contribution in [0.5, 0.6) is 11.5 Å². The standard InChI is InChI=1S/C14H19ClO3/c1-4-8-18-12-7-6-11(14(15)10(3)16)9-13(12)17-5-2/h6-7,9,14H,4-5,8H2,1-3H3. The largest absolute Gasteiger partial charge is 0.490 e. The van der Waals surface area contributed by atoms with E-state index in [9.17, 15) is 4.79 Å². The van der Waals surface area contributed by atoms with Crippen molar-refractivity contribution in [1.29, 1.82) is 0 Å². The van der Waals surface area contributed by atoms with E-state index in [1.54, 1.807) is 18.2 Å². The van der Waals surface area contributed by atoms with Crippen molar-refractivity contribution < 1.29 is 14.3 Å². The highest BCUT2D eigenvalue weighted by Gasteiger charge is 2.16. The van der Waals surface area contributed by atoms with Gasteiger partial charge >= 0.3 is 0 Å². The van der Waals surface area contributed by atoms with E-state index in [2.05, 4.69) is 0 Å². The topological polar surface area (TPSA) is 35.5 Å². The highest BCUT2D eigenvalue weighted by molar-refractivity contribution is 6.30. The maximum atomic E-state index is 11.3. The molecule has 0 amide bonds. The van der Waals surface area contributed by atoms with Crippen LogP contribution in [-0.4, -0.2) is 19.0 Å². The van der Waals surface area contributed by atoms with E-state index in [-0.39, 0.29) is 5.78 Å². The molecule has 1 unspecified atom stereocenters. The van der Waals surface area contributed by atoms with Gasteiger partial charge in [-0.05, 0) is 38.0 Å². The summed E-state index contributed by atoms with van der Waals surface area (Å²) in [6.07, 6.45) is 0.929. The molecule has 0 aliphatic carbocycles. The summed E-state index contributed by atoms with van der Waals surface area (Å²) in [4.78, 5) is 11.3. The van der Waals surface area contributed by atoms with Crippen molar-refractivity contribution in [1.82, 2.24) is 0 Å². The molecule has 0 saturated heterocycles. The summed E-state index contributed by atoms with van der Waals surface area (Å²) < 4.78 is 11.1. The lowest BCUT2D eigenvalue weighted by molar-refractivity contribution is -0.116. The van der Waals surface area contributed by atoms with Gasteiger partial charge in [-0.3, -0.25) is 4.79 Å². The van der Waals surface area contributed by atoms with Crippen LogP contribution in [0.3, 0.4) is 0 Å². The van der Waals surface area contributed by atoms with Crippen LogP contribution in [0.2, 0.25) is 0 Å². The van der Waals surface area contributed by atoms with Gasteiger partial charge in [0, 0.05) is 0 Å². The lowest BCUT2D eigenvalue weighted by Gasteiger charge is -2.14. The van der Waals surface area contributed by atoms with Crippen molar-refractivity contribution in [3.63, 3.8) is 0 Å². The van der Waals surface area contributed by atoms with Gasteiger partial charge < -0.3 is 9.47 Å². The third-order valence-electron chi connectivity index (χ3n) is 2.38. The Hall–Kier alpha value is -1.22. The highest BCUT2D eigenvalue weighted by Crippen LogP contribution is 2.33. The number of hydrogen-bond acceptors (Lipinski definition) is 3. The van der Waals surface area contributed by atoms with Gasteiger partial charge in [-0.2, -0.15) is 0 Å². The van der Waals surface area contributed by atoms with Gasteiger partial charge in [-0.25, -0.2) is 0 Å². The summed E-state index contributed by atoms with van der Waals surface area (Å²) in [5, 5.41) is -0.635. The van der Waals surface area contributed by atoms with Crippen molar-refractivity contribution in [3.8, 4) is 11.5 Å². The Bertz CT molecular complexity index is 404. The van der Waals surface area contributed by atoms with E-state index in [4.69, 9.17) is 21.1 Å². The first kappa shape index (κ1) is 14.8. The maximum absolute atomic E-state index is 11.3. The maximum Gasteiger partial charge on any atom is 0.161 e. The van der Waals surface area contributed by atoms with Gasteiger partial charge in [-0.1, -0.05) is 13.0 Å². The summed E-state index contributed by atoms with van der Waals surface area (Å²) in [5.41, 5.74) is 0.733. The molecule has 0 radical (unpaired) electrons. The zero-order chi connectivity index (χ0) is 13.5. The second-order valence-corrected chi connectivity index (χ2v) is 4.40. The molecule has 0 heterocycles. The summed E-state index contributed by atoms with van der Waals surface area (Å²) in [7, 11) is 0. The molecule has 1 aromatic rings. The van der Waals surface area contributed by atoms with Crippen molar-refractivity contribution in [2.75, 3.05) is 13.2 Å². The Balaban J connectivity index is 2.98. The molecule has 0 spiro atoms. The predicted molar refractivity (Wildman–Crippen MR) is 72.7 cm³/mol. The Morgan fingerprint density at radius 2 is 2.00 bits per heavy atom. The van der Waals surface area contributed by atoms with E-state index >= 15 is 0 Å². The number of alkyl halides is 1. The quantitative estimate of drug-likeness (QED) is 0.708. The van der Waals surface area contributed by atoms with Crippen LogP contribution in [0.1, 0.15) is 38.1 Å². The van der Waals surface area contributed by atoms with Crippen molar-refractivity contribution >= 4 is 17.4 Å². The van der Waals surface area contributed by atoms with Crippen molar-refractivity contribution in [2.45, 2.75) is 32.6 Å². The van der Waals surface area contributed by atoms with Crippen molar-refractivity contribution in [2.24, 2.45) is 0 Å². The molecule has 0 aliphatic rings. The minimum absolute atomic E-state index is 0.0821. The van der Waals surface area contributed by atoms with Gasteiger partial charge in [0.05, 0.1) is 13.2 Å². The third kappa shape index (κ3) is 3.91. The van der Waals surface area contributed by atoms with Crippen LogP contribution in [0.4, 0.5) is 0 Å². The fourth-order valence-electron chi connectivity index (χ4n) is 1.52. The number of benzene rings is 1. The molecule has 100 valence electrons. The summed E-state index contributed by atoms with van der Waals surface area (Å²) in [6.45, 7) is 6.59. The molecule has 18 heavy (non-hydrogen) atoms. The molecular weight excluding hydrogens is 252 g/mol. The molecule has 0 fully saturated rings. The molecule has 0 aromatic heterocycles. The normalized spacial score (nSPS) is 12.0. The average molecular weight is 271 g/mol. The Kier molecular flexibility index (Phi) is 5.99. The zero-order valence-corrected chi connectivity index (χ0v) is 11.8. The number of carbonyl (C=O) groups is 1. The molecule has 0 bridgehead atoms. The number of rotatable bonds is 7. The number of halogens is 1. The molecule has 1 atom stereocenters. The molecule has 1 rings (SSSR count). The first-order valence-electron chi connectivity index (χ1n) is 6.14. The fraction of sp³-hybridized carbons (Fsp3) is 0.500. The van der Waals surface area contributed by atoms with Gasteiger partial charge in [0.15, 0.2) is 17.3 Å². The number of hydrogen-bond donors (Lipinski definition) is 0. The van der Waals surface area contributed by atoms with Crippen LogP contribution >= 0.6 is 11.6 Å². The van der Waals surface area contributed by atoms with E-state index in [1.807, 2.05) is 13.8 Å². The summed E-state index contributed by atoms with van der Waals surface area (Å²) in [6, 6.07) is 5.37. The Morgan fingerprint density at radius 1 is 1.28 bits per heavy atom. The number of ether oxygens (including phenoxy) is 2. The first-order valence-corrected chi connectivity index (χ1v) is 6.57. The van der Waals surface area contributed by atoms with Gasteiger partial charge in [0.2, 0.25) is 0 Å². The van der Waals surface area contributed by atoms with Gasteiger partial charge in [0.25, 0.3) is 0 Å². The van der Waals surface area contributed by atoms with E-state index in [1.165, 1.54) is 6.92 Å². The van der Waals surface area contributed by atoms with Crippen LogP contribution in [0.25, 0.3) is 0 Å². The van der Waals surface area contributed by atoms with Crippen LogP contribution in [-0.2, 0) is 4.79 Å². The van der Waals surface area contributed by atoms with E-state index < -0.39 is 5.38 Å². The average Bonchev–Trinajstić information content (AvgIpc) is 2.36. The Labute approximate surface area is 113 Å². The lowest BCUT2D eigenvalue weighted by atomic mass is 10.1. The molecule has 0 N–H and O–H groups in total. The molecule has 1 aromatic carbocycles. The smallest absolute Gasteiger partial charge is 0.161 e. The second-order valence-electron chi connectivity index (χ2n) is 3.96. The van der Waals surface area contributed by atoms with Gasteiger partial charge in [0.1, 0.15) is 5.38 Å². The Morgan fingerprint density at radius 3 is 2.56 bits per heavy atom. The minimum atomic E-state index is -0.635. The zero-order valence-electron chi connectivity index (χ0n) is 11.0. The summed E-state index contributed by atoms with van der Waals surface area (Å²) >= 11 is 6.02. The van der Waals surface area contributed by atoms with E-state index in [0.717, 1.165) is 12.0 Å². The molecule has 4 heteroatoms. The van der Waals surface area contributed by atoms with Crippen LogP contribution < -0.4 is 9.47 Å². The number of Topliss-reactive ketones (excluding diaryl/α,β-unsaturated/α-hetero) is 1. The third-order valence-corrected chi connectivity index (χ3v) is 2.94. The SMILES string of the molecule is CCCOc1ccc(C(Cl)C(C)=O)cc1OCC.